The van der Waals surface area contributed by atoms with Gasteiger partial charge in [0.05, 0.1) is 28.1 Å². The fourth-order valence-corrected chi connectivity index (χ4v) is 4.49. The van der Waals surface area contributed by atoms with E-state index in [9.17, 15) is 21.6 Å². The number of nitrogens with one attached hydrogen (secondary N) is 3. The van der Waals surface area contributed by atoms with E-state index in [0.29, 0.717) is 11.4 Å². The number of sulfonamides is 2. The molecule has 3 aromatic rings. The molecule has 0 aromatic heterocycles. The van der Waals surface area contributed by atoms with E-state index in [1.54, 1.807) is 37.3 Å². The van der Waals surface area contributed by atoms with E-state index in [0.717, 1.165) is 11.8 Å². The van der Waals surface area contributed by atoms with E-state index >= 15 is 0 Å². The molecule has 0 bridgehead atoms. The lowest BCUT2D eigenvalue weighted by atomic mass is 10.1. The predicted octanol–water partition coefficient (Wildman–Crippen LogP) is 3.42. The van der Waals surface area contributed by atoms with Crippen LogP contribution < -0.4 is 14.8 Å². The Labute approximate surface area is 181 Å². The SMILES string of the molecule is Cc1ccccc1NS(=O)(=O)c1ccc(NC(=O)c2ccccc2NS(C)(=O)=O)cc1. The molecule has 3 aromatic carbocycles. The van der Waals surface area contributed by atoms with Crippen LogP contribution in [-0.2, 0) is 20.0 Å². The van der Waals surface area contributed by atoms with E-state index in [-0.39, 0.29) is 16.1 Å². The minimum absolute atomic E-state index is 0.0351. The van der Waals surface area contributed by atoms with Gasteiger partial charge in [0.1, 0.15) is 0 Å². The zero-order valence-corrected chi connectivity index (χ0v) is 18.4. The minimum Gasteiger partial charge on any atom is -0.322 e. The van der Waals surface area contributed by atoms with Crippen molar-refractivity contribution in [2.75, 3.05) is 21.0 Å². The van der Waals surface area contributed by atoms with Crippen molar-refractivity contribution in [3.05, 3.63) is 83.9 Å². The summed E-state index contributed by atoms with van der Waals surface area (Å²) in [6, 6.07) is 18.8. The van der Waals surface area contributed by atoms with Gasteiger partial charge >= 0.3 is 0 Å². The highest BCUT2D eigenvalue weighted by Crippen LogP contribution is 2.22. The maximum Gasteiger partial charge on any atom is 0.261 e. The first-order valence-corrected chi connectivity index (χ1v) is 12.5. The van der Waals surface area contributed by atoms with Crippen molar-refractivity contribution in [3.8, 4) is 0 Å². The second-order valence-electron chi connectivity index (χ2n) is 6.82. The molecular weight excluding hydrogens is 438 g/mol. The van der Waals surface area contributed by atoms with Crippen molar-refractivity contribution in [1.29, 1.82) is 0 Å². The topological polar surface area (TPSA) is 121 Å². The molecule has 0 heterocycles. The Morgan fingerprint density at radius 3 is 1.94 bits per heavy atom. The number of hydrogen-bond donors (Lipinski definition) is 3. The molecule has 0 aliphatic heterocycles. The third kappa shape index (κ3) is 5.83. The van der Waals surface area contributed by atoms with Crippen LogP contribution >= 0.6 is 0 Å². The lowest BCUT2D eigenvalue weighted by Crippen LogP contribution is -2.17. The second kappa shape index (κ2) is 8.78. The highest BCUT2D eigenvalue weighted by molar-refractivity contribution is 7.92. The van der Waals surface area contributed by atoms with Gasteiger partial charge in [0.2, 0.25) is 10.0 Å². The predicted molar refractivity (Wildman–Crippen MR) is 121 cm³/mol. The van der Waals surface area contributed by atoms with Crippen LogP contribution in [0.25, 0.3) is 0 Å². The van der Waals surface area contributed by atoms with Crippen molar-refractivity contribution >= 4 is 43.0 Å². The van der Waals surface area contributed by atoms with Crippen LogP contribution in [-0.4, -0.2) is 29.0 Å². The fraction of sp³-hybridized carbons (Fsp3) is 0.0952. The van der Waals surface area contributed by atoms with Gasteiger partial charge < -0.3 is 5.32 Å². The molecule has 1 amide bonds. The minimum atomic E-state index is -3.80. The summed E-state index contributed by atoms with van der Waals surface area (Å²) in [4.78, 5) is 12.6. The maximum atomic E-state index is 12.6. The first-order chi connectivity index (χ1) is 14.5. The molecule has 162 valence electrons. The molecule has 10 heteroatoms. The molecule has 8 nitrogen and oxygen atoms in total. The summed E-state index contributed by atoms with van der Waals surface area (Å²) >= 11 is 0. The average molecular weight is 460 g/mol. The lowest BCUT2D eigenvalue weighted by Gasteiger charge is -2.12. The highest BCUT2D eigenvalue weighted by atomic mass is 32.2. The maximum absolute atomic E-state index is 12.6. The Kier molecular flexibility index (Phi) is 6.32. The monoisotopic (exact) mass is 459 g/mol. The molecule has 0 aliphatic rings. The smallest absolute Gasteiger partial charge is 0.261 e. The second-order valence-corrected chi connectivity index (χ2v) is 10.2. The summed E-state index contributed by atoms with van der Waals surface area (Å²) in [6.45, 7) is 1.80. The summed E-state index contributed by atoms with van der Waals surface area (Å²) in [5, 5.41) is 2.63. The fourth-order valence-electron chi connectivity index (χ4n) is 2.78. The molecular formula is C21H21N3O5S2. The zero-order valence-electron chi connectivity index (χ0n) is 16.8. The van der Waals surface area contributed by atoms with Gasteiger partial charge in [-0.2, -0.15) is 0 Å². The normalized spacial score (nSPS) is 11.5. The summed E-state index contributed by atoms with van der Waals surface area (Å²) in [6.07, 6.45) is 0.992. The van der Waals surface area contributed by atoms with E-state index in [1.165, 1.54) is 36.4 Å². The lowest BCUT2D eigenvalue weighted by molar-refractivity contribution is 0.102. The van der Waals surface area contributed by atoms with Gasteiger partial charge in [-0.1, -0.05) is 30.3 Å². The van der Waals surface area contributed by atoms with Crippen LogP contribution in [0.5, 0.6) is 0 Å². The van der Waals surface area contributed by atoms with Crippen LogP contribution in [0.3, 0.4) is 0 Å². The first-order valence-electron chi connectivity index (χ1n) is 9.12. The number of aryl methyl sites for hydroxylation is 1. The van der Waals surface area contributed by atoms with Crippen molar-refractivity contribution in [3.63, 3.8) is 0 Å². The Hall–Kier alpha value is -3.37. The third-order valence-electron chi connectivity index (χ3n) is 4.28. The molecule has 3 N–H and O–H groups in total. The van der Waals surface area contributed by atoms with Crippen LogP contribution in [0.1, 0.15) is 15.9 Å². The van der Waals surface area contributed by atoms with Gasteiger partial charge in [0.25, 0.3) is 15.9 Å². The van der Waals surface area contributed by atoms with Crippen LogP contribution in [0.15, 0.2) is 77.7 Å². The largest absolute Gasteiger partial charge is 0.322 e. The molecule has 0 saturated heterocycles. The Bertz CT molecular complexity index is 1320. The number of amides is 1. The third-order valence-corrected chi connectivity index (χ3v) is 6.25. The van der Waals surface area contributed by atoms with Crippen molar-refractivity contribution in [2.24, 2.45) is 0 Å². The van der Waals surface area contributed by atoms with Crippen LogP contribution in [0, 0.1) is 6.92 Å². The number of para-hydroxylation sites is 2. The van der Waals surface area contributed by atoms with Crippen LogP contribution in [0.2, 0.25) is 0 Å². The quantitative estimate of drug-likeness (QED) is 0.500. The van der Waals surface area contributed by atoms with E-state index in [2.05, 4.69) is 14.8 Å². The van der Waals surface area contributed by atoms with Gasteiger partial charge in [-0.3, -0.25) is 14.2 Å². The summed E-state index contributed by atoms with van der Waals surface area (Å²) in [5.41, 5.74) is 1.90. The Balaban J connectivity index is 1.77. The molecule has 0 aliphatic carbocycles. The van der Waals surface area contributed by atoms with Gasteiger partial charge in [-0.25, -0.2) is 16.8 Å². The summed E-state index contributed by atoms with van der Waals surface area (Å²) < 4.78 is 53.1. The number of anilines is 3. The molecule has 3 rings (SSSR count). The molecule has 0 radical (unpaired) electrons. The van der Waals surface area contributed by atoms with E-state index in [1.807, 2.05) is 6.07 Å². The van der Waals surface area contributed by atoms with Crippen molar-refractivity contribution < 1.29 is 21.6 Å². The number of carbonyl (C=O) groups is 1. The van der Waals surface area contributed by atoms with Gasteiger partial charge in [-0.05, 0) is 55.0 Å². The number of benzene rings is 3. The molecule has 0 unspecified atom stereocenters. The molecule has 31 heavy (non-hydrogen) atoms. The van der Waals surface area contributed by atoms with E-state index < -0.39 is 26.0 Å². The Morgan fingerprint density at radius 1 is 0.742 bits per heavy atom. The number of rotatable bonds is 7. The standard InChI is InChI=1S/C21H21N3O5S2/c1-15-7-3-5-9-19(15)24-31(28,29)17-13-11-16(12-14-17)22-21(25)18-8-4-6-10-20(18)23-30(2,26)27/h3-14,23-24H,1-2H3,(H,22,25). The zero-order chi connectivity index (χ0) is 22.6. The van der Waals surface area contributed by atoms with E-state index in [4.69, 9.17) is 0 Å². The first kappa shape index (κ1) is 22.3. The highest BCUT2D eigenvalue weighted by Gasteiger charge is 2.17. The molecule has 0 fully saturated rings. The molecule has 0 spiro atoms. The number of hydrogen-bond acceptors (Lipinski definition) is 5. The van der Waals surface area contributed by atoms with Crippen molar-refractivity contribution in [2.45, 2.75) is 11.8 Å². The number of carbonyl (C=O) groups excluding carboxylic acids is 1. The van der Waals surface area contributed by atoms with Crippen LogP contribution in [0.4, 0.5) is 17.1 Å². The Morgan fingerprint density at radius 2 is 1.32 bits per heavy atom. The van der Waals surface area contributed by atoms with Gasteiger partial charge in [0.15, 0.2) is 0 Å². The van der Waals surface area contributed by atoms with Gasteiger partial charge in [-0.15, -0.1) is 0 Å². The van der Waals surface area contributed by atoms with Gasteiger partial charge in [0, 0.05) is 5.69 Å². The molecule has 0 saturated carbocycles. The van der Waals surface area contributed by atoms with Crippen molar-refractivity contribution in [1.82, 2.24) is 0 Å². The summed E-state index contributed by atoms with van der Waals surface area (Å²) in [7, 11) is -7.36. The summed E-state index contributed by atoms with van der Waals surface area (Å²) in [5.74, 6) is -0.541. The average Bonchev–Trinajstić information content (AvgIpc) is 2.69. The molecule has 0 atom stereocenters.